The summed E-state index contributed by atoms with van der Waals surface area (Å²) in [7, 11) is 0. The van der Waals surface area contributed by atoms with Crippen molar-refractivity contribution in [3.05, 3.63) is 0 Å². The molecule has 0 aromatic carbocycles. The molecule has 1 saturated carbocycles. The van der Waals surface area contributed by atoms with Crippen molar-refractivity contribution in [1.82, 2.24) is 10.2 Å². The maximum atomic E-state index is 12.5. The van der Waals surface area contributed by atoms with Crippen molar-refractivity contribution >= 4 is 17.8 Å². The number of aliphatic carboxylic acids is 1. The van der Waals surface area contributed by atoms with Crippen LogP contribution >= 0.6 is 0 Å². The van der Waals surface area contributed by atoms with E-state index in [0.717, 1.165) is 38.5 Å². The highest BCUT2D eigenvalue weighted by atomic mass is 16.4. The van der Waals surface area contributed by atoms with E-state index in [2.05, 4.69) is 5.32 Å². The number of carboxylic acid groups (broad SMARTS) is 1. The van der Waals surface area contributed by atoms with Crippen LogP contribution in [-0.4, -0.2) is 46.9 Å². The highest BCUT2D eigenvalue weighted by Crippen LogP contribution is 2.29. The topological polar surface area (TPSA) is 86.7 Å². The molecule has 0 bridgehead atoms. The Labute approximate surface area is 150 Å². The Bertz CT molecular complexity index is 482. The Morgan fingerprint density at radius 2 is 1.64 bits per heavy atom. The Hall–Kier alpha value is -1.59. The molecule has 0 radical (unpaired) electrons. The molecule has 6 heteroatoms. The molecule has 0 aromatic rings. The SMILES string of the molecule is CCC(CC)C(=O)N1CCC(NC(=O)C2CCCC(C(=O)O)C2)CC1. The first-order valence-corrected chi connectivity index (χ1v) is 9.78. The number of carboxylic acids is 1. The lowest BCUT2D eigenvalue weighted by Gasteiger charge is -2.35. The molecule has 2 unspecified atom stereocenters. The number of piperidine rings is 1. The summed E-state index contributed by atoms with van der Waals surface area (Å²) in [5.41, 5.74) is 0. The van der Waals surface area contributed by atoms with Crippen molar-refractivity contribution < 1.29 is 19.5 Å². The number of likely N-dealkylation sites (tertiary alicyclic amines) is 1. The summed E-state index contributed by atoms with van der Waals surface area (Å²) in [6.07, 6.45) is 6.03. The van der Waals surface area contributed by atoms with Gasteiger partial charge in [0.1, 0.15) is 0 Å². The van der Waals surface area contributed by atoms with Crippen LogP contribution in [0.25, 0.3) is 0 Å². The first kappa shape index (κ1) is 19.7. The lowest BCUT2D eigenvalue weighted by atomic mass is 9.81. The van der Waals surface area contributed by atoms with Crippen molar-refractivity contribution in [3.8, 4) is 0 Å². The molecule has 2 fully saturated rings. The van der Waals surface area contributed by atoms with Gasteiger partial charge in [-0.25, -0.2) is 0 Å². The summed E-state index contributed by atoms with van der Waals surface area (Å²) >= 11 is 0. The van der Waals surface area contributed by atoms with E-state index in [1.807, 2.05) is 18.7 Å². The minimum Gasteiger partial charge on any atom is -0.481 e. The fraction of sp³-hybridized carbons (Fsp3) is 0.842. The molecular formula is C19H32N2O4. The molecule has 1 aliphatic heterocycles. The van der Waals surface area contributed by atoms with E-state index < -0.39 is 5.97 Å². The third-order valence-corrected chi connectivity index (χ3v) is 5.88. The summed E-state index contributed by atoms with van der Waals surface area (Å²) in [6, 6.07) is 0.100. The Kier molecular flexibility index (Phi) is 7.26. The molecule has 2 aliphatic rings. The molecule has 2 amide bonds. The molecular weight excluding hydrogens is 320 g/mol. The van der Waals surface area contributed by atoms with Gasteiger partial charge in [-0.15, -0.1) is 0 Å². The second-order valence-corrected chi connectivity index (χ2v) is 7.52. The van der Waals surface area contributed by atoms with Crippen LogP contribution in [-0.2, 0) is 14.4 Å². The molecule has 0 spiro atoms. The third kappa shape index (κ3) is 5.19. The minimum atomic E-state index is -0.786. The normalized spacial score (nSPS) is 25.0. The van der Waals surface area contributed by atoms with E-state index in [-0.39, 0.29) is 35.6 Å². The quantitative estimate of drug-likeness (QED) is 0.768. The van der Waals surface area contributed by atoms with E-state index >= 15 is 0 Å². The van der Waals surface area contributed by atoms with Gasteiger partial charge in [0.15, 0.2) is 0 Å². The number of nitrogens with one attached hydrogen (secondary N) is 1. The zero-order valence-corrected chi connectivity index (χ0v) is 15.5. The molecule has 6 nitrogen and oxygen atoms in total. The summed E-state index contributed by atoms with van der Waals surface area (Å²) in [5.74, 6) is -1.00. The number of nitrogens with zero attached hydrogens (tertiary/aromatic N) is 1. The molecule has 1 heterocycles. The van der Waals surface area contributed by atoms with Crippen molar-refractivity contribution in [2.24, 2.45) is 17.8 Å². The molecule has 2 atom stereocenters. The second kappa shape index (κ2) is 9.20. The van der Waals surface area contributed by atoms with E-state index in [1.54, 1.807) is 0 Å². The monoisotopic (exact) mass is 352 g/mol. The molecule has 25 heavy (non-hydrogen) atoms. The summed E-state index contributed by atoms with van der Waals surface area (Å²) in [5, 5.41) is 12.3. The van der Waals surface area contributed by atoms with Gasteiger partial charge in [-0.05, 0) is 44.9 Å². The highest BCUT2D eigenvalue weighted by molar-refractivity contribution is 5.81. The first-order valence-electron chi connectivity index (χ1n) is 9.78. The lowest BCUT2D eigenvalue weighted by molar-refractivity contribution is -0.144. The van der Waals surface area contributed by atoms with Crippen LogP contribution in [0.3, 0.4) is 0 Å². The van der Waals surface area contributed by atoms with E-state index in [1.165, 1.54) is 0 Å². The number of rotatable bonds is 6. The number of hydrogen-bond donors (Lipinski definition) is 2. The van der Waals surface area contributed by atoms with Crippen LogP contribution in [0.5, 0.6) is 0 Å². The van der Waals surface area contributed by atoms with Crippen molar-refractivity contribution in [2.45, 2.75) is 71.3 Å². The van der Waals surface area contributed by atoms with Gasteiger partial charge in [-0.3, -0.25) is 14.4 Å². The fourth-order valence-electron chi connectivity index (χ4n) is 4.11. The average Bonchev–Trinajstić information content (AvgIpc) is 2.63. The fourth-order valence-corrected chi connectivity index (χ4v) is 4.11. The Morgan fingerprint density at radius 3 is 2.20 bits per heavy atom. The zero-order valence-electron chi connectivity index (χ0n) is 15.5. The van der Waals surface area contributed by atoms with Gasteiger partial charge in [-0.1, -0.05) is 20.3 Å². The van der Waals surface area contributed by atoms with Gasteiger partial charge >= 0.3 is 5.97 Å². The van der Waals surface area contributed by atoms with Crippen molar-refractivity contribution in [1.29, 1.82) is 0 Å². The maximum absolute atomic E-state index is 12.5. The van der Waals surface area contributed by atoms with Crippen LogP contribution in [0.15, 0.2) is 0 Å². The molecule has 1 aliphatic carbocycles. The summed E-state index contributed by atoms with van der Waals surface area (Å²) in [4.78, 5) is 38.0. The van der Waals surface area contributed by atoms with Crippen LogP contribution < -0.4 is 5.32 Å². The van der Waals surface area contributed by atoms with Crippen LogP contribution in [0, 0.1) is 17.8 Å². The van der Waals surface area contributed by atoms with Gasteiger partial charge in [-0.2, -0.15) is 0 Å². The van der Waals surface area contributed by atoms with Crippen molar-refractivity contribution in [3.63, 3.8) is 0 Å². The van der Waals surface area contributed by atoms with Crippen LogP contribution in [0.4, 0.5) is 0 Å². The molecule has 2 N–H and O–H groups in total. The van der Waals surface area contributed by atoms with Gasteiger partial charge in [0.25, 0.3) is 0 Å². The van der Waals surface area contributed by atoms with E-state index in [9.17, 15) is 14.4 Å². The Balaban J connectivity index is 1.78. The van der Waals surface area contributed by atoms with Gasteiger partial charge < -0.3 is 15.3 Å². The standard InChI is InChI=1S/C19H32N2O4/c1-3-13(4-2)18(23)21-10-8-16(9-11-21)20-17(22)14-6-5-7-15(12-14)19(24)25/h13-16H,3-12H2,1-2H3,(H,20,22)(H,24,25). The van der Waals surface area contributed by atoms with Gasteiger partial charge in [0.2, 0.25) is 11.8 Å². The van der Waals surface area contributed by atoms with Gasteiger partial charge in [0, 0.05) is 31.0 Å². The average molecular weight is 352 g/mol. The van der Waals surface area contributed by atoms with Gasteiger partial charge in [0.05, 0.1) is 5.92 Å². The number of carbonyl (C=O) groups is 3. The third-order valence-electron chi connectivity index (χ3n) is 5.88. The molecule has 142 valence electrons. The van der Waals surface area contributed by atoms with E-state index in [0.29, 0.717) is 25.9 Å². The smallest absolute Gasteiger partial charge is 0.306 e. The predicted octanol–water partition coefficient (Wildman–Crippen LogP) is 2.42. The maximum Gasteiger partial charge on any atom is 0.306 e. The zero-order chi connectivity index (χ0) is 18.4. The van der Waals surface area contributed by atoms with Crippen LogP contribution in [0.1, 0.15) is 65.2 Å². The minimum absolute atomic E-state index is 0.00396. The molecule has 0 aromatic heterocycles. The van der Waals surface area contributed by atoms with E-state index in [4.69, 9.17) is 5.11 Å². The summed E-state index contributed by atoms with van der Waals surface area (Å²) in [6.45, 7) is 5.49. The number of amides is 2. The lowest BCUT2D eigenvalue weighted by Crippen LogP contribution is -2.49. The molecule has 1 saturated heterocycles. The number of carbonyl (C=O) groups excluding carboxylic acids is 2. The number of hydrogen-bond acceptors (Lipinski definition) is 3. The predicted molar refractivity (Wildman–Crippen MR) is 94.9 cm³/mol. The van der Waals surface area contributed by atoms with Crippen molar-refractivity contribution in [2.75, 3.05) is 13.1 Å². The largest absolute Gasteiger partial charge is 0.481 e. The highest BCUT2D eigenvalue weighted by Gasteiger charge is 2.33. The molecule has 2 rings (SSSR count). The summed E-state index contributed by atoms with van der Waals surface area (Å²) < 4.78 is 0. The van der Waals surface area contributed by atoms with Crippen LogP contribution in [0.2, 0.25) is 0 Å². The second-order valence-electron chi connectivity index (χ2n) is 7.52. The Morgan fingerprint density at radius 1 is 1.04 bits per heavy atom. The first-order chi connectivity index (χ1) is 12.0.